The molecule has 2 aliphatic rings. The van der Waals surface area contributed by atoms with E-state index < -0.39 is 0 Å². The molecule has 0 bridgehead atoms. The number of rotatable bonds is 4. The van der Waals surface area contributed by atoms with E-state index in [-0.39, 0.29) is 23.4 Å². The number of carbonyl (C=O) groups is 2. The predicted molar refractivity (Wildman–Crippen MR) is 82.5 cm³/mol. The fourth-order valence-corrected chi connectivity index (χ4v) is 3.09. The summed E-state index contributed by atoms with van der Waals surface area (Å²) in [5, 5.41) is 17.0. The lowest BCUT2D eigenvalue weighted by molar-refractivity contribution is -0.139. The second-order valence-corrected chi connectivity index (χ2v) is 6.28. The minimum atomic E-state index is -0.295. The molecule has 9 nitrogen and oxygen atoms in total. The highest BCUT2D eigenvalue weighted by Crippen LogP contribution is 2.29. The molecule has 1 fully saturated rings. The molecule has 1 aliphatic heterocycles. The summed E-state index contributed by atoms with van der Waals surface area (Å²) >= 11 is 0. The molecular weight excluding hydrogens is 310 g/mol. The largest absolute Gasteiger partial charge is 0.345 e. The van der Waals surface area contributed by atoms with Crippen molar-refractivity contribution in [2.45, 2.75) is 38.9 Å². The van der Waals surface area contributed by atoms with Gasteiger partial charge in [0.25, 0.3) is 5.91 Å². The first-order chi connectivity index (χ1) is 11.7. The van der Waals surface area contributed by atoms with Crippen LogP contribution in [0.5, 0.6) is 0 Å². The van der Waals surface area contributed by atoms with Crippen LogP contribution in [0.15, 0.2) is 12.3 Å². The molecule has 2 amide bonds. The zero-order valence-electron chi connectivity index (χ0n) is 13.2. The van der Waals surface area contributed by atoms with Crippen molar-refractivity contribution in [1.29, 1.82) is 0 Å². The minimum Gasteiger partial charge on any atom is -0.345 e. The number of nitrogens with one attached hydrogen (secondary N) is 2. The van der Waals surface area contributed by atoms with Crippen LogP contribution in [0.4, 0.5) is 0 Å². The topological polar surface area (TPSA) is 109 Å². The zero-order valence-corrected chi connectivity index (χ0v) is 13.2. The Balaban J connectivity index is 1.37. The van der Waals surface area contributed by atoms with Gasteiger partial charge in [-0.05, 0) is 18.9 Å². The Labute approximate surface area is 138 Å². The summed E-state index contributed by atoms with van der Waals surface area (Å²) in [6.45, 7) is 2.32. The molecule has 1 aliphatic carbocycles. The van der Waals surface area contributed by atoms with Crippen molar-refractivity contribution in [3.05, 3.63) is 29.3 Å². The highest BCUT2D eigenvalue weighted by Gasteiger charge is 2.31. The van der Waals surface area contributed by atoms with Crippen LogP contribution in [-0.4, -0.2) is 48.5 Å². The van der Waals surface area contributed by atoms with Crippen LogP contribution in [0.1, 0.15) is 41.1 Å². The monoisotopic (exact) mass is 329 g/mol. The van der Waals surface area contributed by atoms with Crippen molar-refractivity contribution in [2.24, 2.45) is 5.92 Å². The minimum absolute atomic E-state index is 0.223. The van der Waals surface area contributed by atoms with E-state index in [1.54, 1.807) is 0 Å². The van der Waals surface area contributed by atoms with Crippen LogP contribution >= 0.6 is 0 Å². The number of H-pyrrole nitrogens is 1. The van der Waals surface area contributed by atoms with Gasteiger partial charge in [-0.2, -0.15) is 20.5 Å². The fourth-order valence-electron chi connectivity index (χ4n) is 3.09. The van der Waals surface area contributed by atoms with Crippen molar-refractivity contribution in [3.63, 3.8) is 0 Å². The molecule has 126 valence electrons. The van der Waals surface area contributed by atoms with Crippen LogP contribution < -0.4 is 5.32 Å². The second kappa shape index (κ2) is 6.06. The molecule has 0 unspecified atom stereocenters. The van der Waals surface area contributed by atoms with Crippen molar-refractivity contribution >= 4 is 11.8 Å². The molecule has 2 aromatic rings. The van der Waals surface area contributed by atoms with E-state index in [4.69, 9.17) is 0 Å². The highest BCUT2D eigenvalue weighted by molar-refractivity contribution is 5.91. The maximum Gasteiger partial charge on any atom is 0.273 e. The molecule has 1 saturated carbocycles. The van der Waals surface area contributed by atoms with Crippen molar-refractivity contribution < 1.29 is 9.59 Å². The Morgan fingerprint density at radius 1 is 1.33 bits per heavy atom. The van der Waals surface area contributed by atoms with Gasteiger partial charge in [-0.25, -0.2) is 0 Å². The number of fused-ring (bicyclic) bond motifs is 1. The molecule has 0 spiro atoms. The van der Waals surface area contributed by atoms with Gasteiger partial charge in [0.2, 0.25) is 5.91 Å². The number of carbonyl (C=O) groups excluding carboxylic acids is 2. The number of nitrogens with zero attached hydrogens (tertiary/aromatic N) is 5. The first-order valence-electron chi connectivity index (χ1n) is 8.19. The van der Waals surface area contributed by atoms with Gasteiger partial charge in [0, 0.05) is 12.5 Å². The van der Waals surface area contributed by atoms with Gasteiger partial charge >= 0.3 is 0 Å². The summed E-state index contributed by atoms with van der Waals surface area (Å²) in [5.74, 6) is 0.201. The van der Waals surface area contributed by atoms with Gasteiger partial charge in [-0.1, -0.05) is 6.42 Å². The molecular formula is C15H19N7O2. The highest BCUT2D eigenvalue weighted by atomic mass is 16.2. The average molecular weight is 329 g/mol. The van der Waals surface area contributed by atoms with E-state index in [0.717, 1.165) is 30.7 Å². The lowest BCUT2D eigenvalue weighted by Gasteiger charge is -2.34. The third kappa shape index (κ3) is 2.77. The van der Waals surface area contributed by atoms with Gasteiger partial charge in [0.05, 0.1) is 37.2 Å². The lowest BCUT2D eigenvalue weighted by atomic mass is 9.84. The van der Waals surface area contributed by atoms with Gasteiger partial charge < -0.3 is 10.2 Å². The maximum atomic E-state index is 12.4. The Hall–Kier alpha value is -2.71. The fraction of sp³-hybridized carbons (Fsp3) is 0.533. The normalized spacial score (nSPS) is 17.2. The van der Waals surface area contributed by atoms with Gasteiger partial charge in [-0.15, -0.1) is 0 Å². The summed E-state index contributed by atoms with van der Waals surface area (Å²) < 4.78 is 1.92. The molecule has 0 atom stereocenters. The van der Waals surface area contributed by atoms with Crippen LogP contribution in [0.3, 0.4) is 0 Å². The summed E-state index contributed by atoms with van der Waals surface area (Å²) in [6, 6.07) is 1.95. The molecule has 2 N–H and O–H groups in total. The molecule has 9 heteroatoms. The number of hydrogen-bond donors (Lipinski definition) is 2. The Kier molecular flexibility index (Phi) is 3.75. The molecule has 0 saturated heterocycles. The Bertz CT molecular complexity index is 748. The van der Waals surface area contributed by atoms with Crippen LogP contribution in [0.2, 0.25) is 0 Å². The quantitative estimate of drug-likeness (QED) is 0.825. The molecule has 4 rings (SSSR count). The second-order valence-electron chi connectivity index (χ2n) is 6.28. The Morgan fingerprint density at radius 3 is 2.92 bits per heavy atom. The van der Waals surface area contributed by atoms with Gasteiger partial charge in [0.1, 0.15) is 0 Å². The number of aromatic nitrogens is 5. The maximum absolute atomic E-state index is 12.4. The smallest absolute Gasteiger partial charge is 0.273 e. The zero-order chi connectivity index (χ0) is 16.5. The molecule has 24 heavy (non-hydrogen) atoms. The predicted octanol–water partition coefficient (Wildman–Crippen LogP) is 0.0735. The number of hydrogen-bond acceptors (Lipinski definition) is 5. The summed E-state index contributed by atoms with van der Waals surface area (Å²) in [6.07, 6.45) is 4.58. The van der Waals surface area contributed by atoms with E-state index >= 15 is 0 Å². The summed E-state index contributed by atoms with van der Waals surface area (Å²) in [5.41, 5.74) is 2.04. The van der Waals surface area contributed by atoms with Crippen molar-refractivity contribution in [3.8, 4) is 0 Å². The number of amides is 2. The Morgan fingerprint density at radius 2 is 2.21 bits per heavy atom. The summed E-state index contributed by atoms with van der Waals surface area (Å²) in [4.78, 5) is 26.2. The van der Waals surface area contributed by atoms with Crippen LogP contribution in [-0.2, 0) is 24.4 Å². The van der Waals surface area contributed by atoms with Crippen molar-refractivity contribution in [2.75, 3.05) is 6.54 Å². The SMILES string of the molecule is O=C(NCc1cc2n(n1)CCN(C(=O)C1CCC1)C2)c1cn[nH]n1. The van der Waals surface area contributed by atoms with E-state index in [9.17, 15) is 9.59 Å². The van der Waals surface area contributed by atoms with E-state index in [1.807, 2.05) is 15.6 Å². The average Bonchev–Trinajstić information content (AvgIpc) is 3.19. The molecule has 3 heterocycles. The standard InChI is InChI=1S/C15H19N7O2/c23-14(13-8-17-20-18-13)16-7-11-6-12-9-21(4-5-22(12)19-11)15(24)10-2-1-3-10/h6,8,10H,1-5,7,9H2,(H,16,23)(H,17,18,20). The molecule has 0 aromatic carbocycles. The van der Waals surface area contributed by atoms with E-state index in [1.165, 1.54) is 6.20 Å². The summed E-state index contributed by atoms with van der Waals surface area (Å²) in [7, 11) is 0. The molecule has 2 aromatic heterocycles. The third-order valence-electron chi connectivity index (χ3n) is 4.69. The van der Waals surface area contributed by atoms with Gasteiger partial charge in [0.15, 0.2) is 5.69 Å². The third-order valence-corrected chi connectivity index (χ3v) is 4.69. The van der Waals surface area contributed by atoms with E-state index in [2.05, 4.69) is 25.8 Å². The first kappa shape index (κ1) is 14.9. The van der Waals surface area contributed by atoms with E-state index in [0.29, 0.717) is 26.2 Å². The van der Waals surface area contributed by atoms with Crippen molar-refractivity contribution in [1.82, 2.24) is 35.4 Å². The van der Waals surface area contributed by atoms with Crippen LogP contribution in [0, 0.1) is 5.92 Å². The van der Waals surface area contributed by atoms with Crippen LogP contribution in [0.25, 0.3) is 0 Å². The number of aromatic amines is 1. The lowest BCUT2D eigenvalue weighted by Crippen LogP contribution is -2.43. The van der Waals surface area contributed by atoms with Gasteiger partial charge in [-0.3, -0.25) is 14.3 Å². The first-order valence-corrected chi connectivity index (χ1v) is 8.19. The molecule has 0 radical (unpaired) electrons.